The molecule has 32 heavy (non-hydrogen) atoms. The fraction of sp³-hybridized carbons (Fsp3) is 0.238. The van der Waals surface area contributed by atoms with Crippen molar-refractivity contribution in [1.29, 1.82) is 0 Å². The quantitative estimate of drug-likeness (QED) is 0.236. The summed E-state index contributed by atoms with van der Waals surface area (Å²) in [5, 5.41) is 9.92. The Morgan fingerprint density at radius 1 is 1.12 bits per heavy atom. The number of aliphatic hydroxyl groups is 1. The molecule has 2 aromatic rings. The highest BCUT2D eigenvalue weighted by Crippen LogP contribution is 2.25. The van der Waals surface area contributed by atoms with E-state index in [0.717, 1.165) is 5.56 Å². The zero-order valence-corrected chi connectivity index (χ0v) is 18.6. The van der Waals surface area contributed by atoms with E-state index in [1.54, 1.807) is 24.3 Å². The number of aliphatic hydroxyl groups excluding tert-OH is 1. The van der Waals surface area contributed by atoms with Crippen LogP contribution in [0.4, 0.5) is 0 Å². The zero-order chi connectivity index (χ0) is 23.1. The second-order valence-electron chi connectivity index (χ2n) is 6.50. The maximum Gasteiger partial charge on any atom is 0.383 e. The van der Waals surface area contributed by atoms with Crippen LogP contribution in [0.1, 0.15) is 11.3 Å². The summed E-state index contributed by atoms with van der Waals surface area (Å²) >= 11 is 5.53. The summed E-state index contributed by atoms with van der Waals surface area (Å²) in [6, 6.07) is 9.52. The number of aryl methyl sites for hydroxylation is 1. The first-order valence-electron chi connectivity index (χ1n) is 9.38. The van der Waals surface area contributed by atoms with Crippen LogP contribution in [-0.4, -0.2) is 43.6 Å². The number of aromatic nitrogens is 1. The predicted octanol–water partition coefficient (Wildman–Crippen LogP) is 3.14. The highest BCUT2D eigenvalue weighted by atomic mass is 35.5. The van der Waals surface area contributed by atoms with Gasteiger partial charge in [0, 0.05) is 5.88 Å². The summed E-state index contributed by atoms with van der Waals surface area (Å²) in [5.41, 5.74) is 1.40. The molecule has 0 radical (unpaired) electrons. The number of hydrogen-bond acceptors (Lipinski definition) is 9. The van der Waals surface area contributed by atoms with E-state index in [-0.39, 0.29) is 42.1 Å². The van der Waals surface area contributed by atoms with Gasteiger partial charge in [0.15, 0.2) is 5.76 Å². The van der Waals surface area contributed by atoms with Crippen LogP contribution in [0.2, 0.25) is 0 Å². The number of cyclic esters (lactones) is 1. The van der Waals surface area contributed by atoms with Gasteiger partial charge in [-0.3, -0.25) is 9.17 Å². The lowest BCUT2D eigenvalue weighted by molar-refractivity contribution is -0.136. The summed E-state index contributed by atoms with van der Waals surface area (Å²) in [7, 11) is -3.86. The van der Waals surface area contributed by atoms with Gasteiger partial charge in [0.25, 0.3) is 15.9 Å². The summed E-state index contributed by atoms with van der Waals surface area (Å²) < 4.78 is 44.8. The van der Waals surface area contributed by atoms with Gasteiger partial charge in [0.1, 0.15) is 25.6 Å². The average Bonchev–Trinajstić information content (AvgIpc) is 3.04. The van der Waals surface area contributed by atoms with Crippen molar-refractivity contribution in [2.24, 2.45) is 0 Å². The third-order valence-electron chi connectivity index (χ3n) is 4.16. The van der Waals surface area contributed by atoms with Gasteiger partial charge < -0.3 is 19.3 Å². The van der Waals surface area contributed by atoms with Crippen molar-refractivity contribution in [2.75, 3.05) is 19.1 Å². The first-order chi connectivity index (χ1) is 15.3. The first kappa shape index (κ1) is 23.6. The molecule has 0 amide bonds. The number of esters is 1. The molecule has 1 N–H and O–H groups in total. The Bertz CT molecular complexity index is 1130. The summed E-state index contributed by atoms with van der Waals surface area (Å²) in [5.74, 6) is -1.17. The minimum Gasteiger partial charge on any atom is -0.501 e. The molecule has 0 bridgehead atoms. The van der Waals surface area contributed by atoms with Crippen LogP contribution in [0.25, 0.3) is 0 Å². The zero-order valence-electron chi connectivity index (χ0n) is 17.0. The van der Waals surface area contributed by atoms with Crippen LogP contribution in [0.3, 0.4) is 0 Å². The van der Waals surface area contributed by atoms with E-state index in [0.29, 0.717) is 11.4 Å². The van der Waals surface area contributed by atoms with Crippen LogP contribution in [0.15, 0.2) is 70.8 Å². The number of rotatable bonds is 10. The molecule has 3 rings (SSSR count). The molecule has 9 nitrogen and oxygen atoms in total. The van der Waals surface area contributed by atoms with E-state index in [1.807, 2.05) is 6.92 Å². The SMILES string of the molecule is Cc1ccc(S(=O)(=O)OCCOc2ccc(COC3=C(O)/C(=C\CCl)OC3=O)nc2)cc1. The molecule has 0 saturated carbocycles. The van der Waals surface area contributed by atoms with Crippen molar-refractivity contribution < 1.29 is 36.7 Å². The van der Waals surface area contributed by atoms with Crippen molar-refractivity contribution in [3.63, 3.8) is 0 Å². The van der Waals surface area contributed by atoms with E-state index >= 15 is 0 Å². The van der Waals surface area contributed by atoms with E-state index in [4.69, 9.17) is 30.0 Å². The molecule has 0 unspecified atom stereocenters. The minimum atomic E-state index is -3.86. The summed E-state index contributed by atoms with van der Waals surface area (Å²) in [6.45, 7) is 1.58. The third-order valence-corrected chi connectivity index (χ3v) is 5.64. The van der Waals surface area contributed by atoms with E-state index in [2.05, 4.69) is 4.98 Å². The van der Waals surface area contributed by atoms with Crippen LogP contribution in [0, 0.1) is 6.92 Å². The van der Waals surface area contributed by atoms with Gasteiger partial charge in [-0.05, 0) is 37.3 Å². The van der Waals surface area contributed by atoms with Crippen molar-refractivity contribution in [3.8, 4) is 5.75 Å². The van der Waals surface area contributed by atoms with Crippen molar-refractivity contribution >= 4 is 27.7 Å². The summed E-state index contributed by atoms with van der Waals surface area (Å²) in [6.07, 6.45) is 2.75. The molecule has 2 heterocycles. The largest absolute Gasteiger partial charge is 0.501 e. The monoisotopic (exact) mass is 481 g/mol. The topological polar surface area (TPSA) is 121 Å². The van der Waals surface area contributed by atoms with Crippen LogP contribution >= 0.6 is 11.6 Å². The number of hydrogen-bond donors (Lipinski definition) is 1. The number of ether oxygens (including phenoxy) is 3. The average molecular weight is 482 g/mol. The van der Waals surface area contributed by atoms with Crippen molar-refractivity contribution in [3.05, 3.63) is 77.2 Å². The van der Waals surface area contributed by atoms with Gasteiger partial charge in [-0.1, -0.05) is 17.7 Å². The molecule has 1 aliphatic heterocycles. The lowest BCUT2D eigenvalue weighted by atomic mass is 10.2. The Labute approximate surface area is 190 Å². The summed E-state index contributed by atoms with van der Waals surface area (Å²) in [4.78, 5) is 15.9. The maximum atomic E-state index is 12.1. The lowest BCUT2D eigenvalue weighted by Crippen LogP contribution is -2.13. The molecule has 1 aliphatic rings. The first-order valence-corrected chi connectivity index (χ1v) is 11.3. The molecule has 1 aromatic heterocycles. The molecular formula is C21H20ClNO8S. The van der Waals surface area contributed by atoms with E-state index in [9.17, 15) is 18.3 Å². The number of carbonyl (C=O) groups is 1. The third kappa shape index (κ3) is 6.00. The molecule has 0 fully saturated rings. The second kappa shape index (κ2) is 10.5. The van der Waals surface area contributed by atoms with Gasteiger partial charge in [-0.15, -0.1) is 11.6 Å². The van der Waals surface area contributed by atoms with Crippen LogP contribution < -0.4 is 4.74 Å². The number of alkyl halides is 1. The Balaban J connectivity index is 1.46. The Hall–Kier alpha value is -3.08. The number of nitrogens with zero attached hydrogens (tertiary/aromatic N) is 1. The van der Waals surface area contributed by atoms with E-state index in [1.165, 1.54) is 24.4 Å². The Morgan fingerprint density at radius 2 is 1.88 bits per heavy atom. The van der Waals surface area contributed by atoms with E-state index < -0.39 is 21.8 Å². The molecular weight excluding hydrogens is 462 g/mol. The molecule has 1 aromatic carbocycles. The predicted molar refractivity (Wildman–Crippen MR) is 113 cm³/mol. The molecule has 170 valence electrons. The number of pyridine rings is 1. The fourth-order valence-electron chi connectivity index (χ4n) is 2.54. The number of allylic oxidation sites excluding steroid dienone is 1. The van der Waals surface area contributed by atoms with Gasteiger partial charge in [-0.25, -0.2) is 4.79 Å². The molecule has 0 spiro atoms. The molecule has 0 aliphatic carbocycles. The number of carbonyl (C=O) groups excluding carboxylic acids is 1. The second-order valence-corrected chi connectivity index (χ2v) is 8.43. The maximum absolute atomic E-state index is 12.1. The van der Waals surface area contributed by atoms with Crippen molar-refractivity contribution in [1.82, 2.24) is 4.98 Å². The van der Waals surface area contributed by atoms with Gasteiger partial charge in [0.05, 0.1) is 16.8 Å². The normalized spacial score (nSPS) is 15.2. The Morgan fingerprint density at radius 3 is 2.53 bits per heavy atom. The molecule has 0 saturated heterocycles. The van der Waals surface area contributed by atoms with Crippen LogP contribution in [-0.2, 0) is 35.2 Å². The number of benzene rings is 1. The number of halogens is 1. The smallest absolute Gasteiger partial charge is 0.383 e. The van der Waals surface area contributed by atoms with Crippen LogP contribution in [0.5, 0.6) is 5.75 Å². The Kier molecular flexibility index (Phi) is 7.73. The standard InChI is InChI=1S/C21H20ClNO8S/c1-14-2-6-17(7-3-14)32(26,27)30-11-10-28-16-5-4-15(23-12-16)13-29-20-19(24)18(8-9-22)31-21(20)25/h2-8,12,24H,9-11,13H2,1H3/b18-8+. The molecule has 0 atom stereocenters. The van der Waals surface area contributed by atoms with Gasteiger partial charge in [0.2, 0.25) is 5.76 Å². The highest BCUT2D eigenvalue weighted by Gasteiger charge is 2.31. The molecule has 11 heteroatoms. The minimum absolute atomic E-state index is 0.00903. The van der Waals surface area contributed by atoms with Crippen molar-refractivity contribution in [2.45, 2.75) is 18.4 Å². The fourth-order valence-corrected chi connectivity index (χ4v) is 3.58. The highest BCUT2D eigenvalue weighted by molar-refractivity contribution is 7.86. The lowest BCUT2D eigenvalue weighted by Gasteiger charge is -2.09. The van der Waals surface area contributed by atoms with Gasteiger partial charge >= 0.3 is 5.97 Å². The van der Waals surface area contributed by atoms with Gasteiger partial charge in [-0.2, -0.15) is 8.42 Å².